The highest BCUT2D eigenvalue weighted by Gasteiger charge is 2.26. The Morgan fingerprint density at radius 1 is 1.06 bits per heavy atom. The van der Waals surface area contributed by atoms with Crippen molar-refractivity contribution in [3.8, 4) is 0 Å². The standard InChI is InChI=1S/C26H33N5O4/c1-6-30-23(28-22-11-9-8-10-21(22)24(30)32)18(3)31(17-16-29(4)5)26(34)27-20-14-12-19(13-15-20)25(33)35-7-2/h8-15,18H,6-7,16-17H2,1-5H3,(H,27,34). The molecule has 3 aromatic rings. The number of para-hydroxylation sites is 1. The fourth-order valence-electron chi connectivity index (χ4n) is 3.83. The van der Waals surface area contributed by atoms with Gasteiger partial charge in [-0.15, -0.1) is 0 Å². The Hall–Kier alpha value is -3.72. The SMILES string of the molecule is CCOC(=O)c1ccc(NC(=O)N(CCN(C)C)C(C)c2nc3ccccc3c(=O)n2CC)cc1. The lowest BCUT2D eigenvalue weighted by Crippen LogP contribution is -2.43. The van der Waals surface area contributed by atoms with Crippen molar-refractivity contribution in [3.05, 3.63) is 70.3 Å². The van der Waals surface area contributed by atoms with E-state index in [9.17, 15) is 14.4 Å². The van der Waals surface area contributed by atoms with Crippen LogP contribution < -0.4 is 10.9 Å². The van der Waals surface area contributed by atoms with Crippen LogP contribution in [0.4, 0.5) is 10.5 Å². The van der Waals surface area contributed by atoms with Crippen molar-refractivity contribution >= 4 is 28.6 Å². The van der Waals surface area contributed by atoms with E-state index in [1.54, 1.807) is 46.7 Å². The predicted molar refractivity (Wildman–Crippen MR) is 137 cm³/mol. The maximum absolute atomic E-state index is 13.4. The molecule has 0 fully saturated rings. The summed E-state index contributed by atoms with van der Waals surface area (Å²) in [6.45, 7) is 7.30. The number of nitrogens with one attached hydrogen (secondary N) is 1. The second-order valence-corrected chi connectivity index (χ2v) is 8.44. The van der Waals surface area contributed by atoms with Crippen molar-refractivity contribution in [2.45, 2.75) is 33.4 Å². The molecule has 1 atom stereocenters. The number of nitrogens with zero attached hydrogens (tertiary/aromatic N) is 4. The van der Waals surface area contributed by atoms with Crippen LogP contribution >= 0.6 is 0 Å². The van der Waals surface area contributed by atoms with Crippen LogP contribution in [0.15, 0.2) is 53.3 Å². The van der Waals surface area contributed by atoms with Crippen molar-refractivity contribution in [3.63, 3.8) is 0 Å². The summed E-state index contributed by atoms with van der Waals surface area (Å²) in [7, 11) is 3.87. The quantitative estimate of drug-likeness (QED) is 0.470. The van der Waals surface area contributed by atoms with Gasteiger partial charge in [-0.25, -0.2) is 14.6 Å². The lowest BCUT2D eigenvalue weighted by atomic mass is 10.2. The summed E-state index contributed by atoms with van der Waals surface area (Å²) < 4.78 is 6.63. The van der Waals surface area contributed by atoms with Crippen molar-refractivity contribution in [1.82, 2.24) is 19.4 Å². The van der Waals surface area contributed by atoms with Gasteiger partial charge >= 0.3 is 12.0 Å². The van der Waals surface area contributed by atoms with Crippen LogP contribution in [0, 0.1) is 0 Å². The summed E-state index contributed by atoms with van der Waals surface area (Å²) in [5, 5.41) is 3.46. The van der Waals surface area contributed by atoms with E-state index in [2.05, 4.69) is 5.32 Å². The zero-order valence-corrected chi connectivity index (χ0v) is 20.9. The molecule has 0 aliphatic rings. The topological polar surface area (TPSA) is 96.8 Å². The molecule has 9 nitrogen and oxygen atoms in total. The molecular formula is C26H33N5O4. The summed E-state index contributed by atoms with van der Waals surface area (Å²) in [6, 6.07) is 13.0. The first-order chi connectivity index (χ1) is 16.8. The van der Waals surface area contributed by atoms with Crippen molar-refractivity contribution in [2.24, 2.45) is 0 Å². The first kappa shape index (κ1) is 25.9. The van der Waals surface area contributed by atoms with E-state index >= 15 is 0 Å². The van der Waals surface area contributed by atoms with E-state index < -0.39 is 12.0 Å². The van der Waals surface area contributed by atoms with E-state index in [0.29, 0.717) is 54.2 Å². The number of fused-ring (bicyclic) bond motifs is 1. The molecule has 1 unspecified atom stereocenters. The largest absolute Gasteiger partial charge is 0.462 e. The average molecular weight is 480 g/mol. The summed E-state index contributed by atoms with van der Waals surface area (Å²) in [5.41, 5.74) is 1.44. The molecule has 0 bridgehead atoms. The van der Waals surface area contributed by atoms with Crippen LogP contribution in [0.3, 0.4) is 0 Å². The number of anilines is 1. The van der Waals surface area contributed by atoms with Gasteiger partial charge in [0.1, 0.15) is 5.82 Å². The Labute approximate surface area is 205 Å². The second-order valence-electron chi connectivity index (χ2n) is 8.44. The number of aromatic nitrogens is 2. The molecule has 0 aliphatic carbocycles. The minimum atomic E-state index is -0.467. The minimum Gasteiger partial charge on any atom is -0.462 e. The molecule has 1 N–H and O–H groups in total. The van der Waals surface area contributed by atoms with Gasteiger partial charge in [-0.3, -0.25) is 9.36 Å². The van der Waals surface area contributed by atoms with Gasteiger partial charge in [-0.2, -0.15) is 0 Å². The highest BCUT2D eigenvalue weighted by atomic mass is 16.5. The Bertz CT molecular complexity index is 1240. The van der Waals surface area contributed by atoms with Crippen molar-refractivity contribution in [2.75, 3.05) is 39.1 Å². The summed E-state index contributed by atoms with van der Waals surface area (Å²) in [5.74, 6) is 0.120. The maximum atomic E-state index is 13.4. The smallest absolute Gasteiger partial charge is 0.338 e. The molecule has 0 aliphatic heterocycles. The van der Waals surface area contributed by atoms with Crippen LogP contribution in [-0.4, -0.2) is 65.1 Å². The number of rotatable bonds is 9. The van der Waals surface area contributed by atoms with Crippen LogP contribution in [0.5, 0.6) is 0 Å². The molecule has 0 spiro atoms. The number of ether oxygens (including phenoxy) is 1. The number of likely N-dealkylation sites (N-methyl/N-ethyl adjacent to an activating group) is 1. The fraction of sp³-hybridized carbons (Fsp3) is 0.385. The molecule has 0 saturated carbocycles. The van der Waals surface area contributed by atoms with E-state index in [4.69, 9.17) is 9.72 Å². The van der Waals surface area contributed by atoms with Crippen LogP contribution in [-0.2, 0) is 11.3 Å². The van der Waals surface area contributed by atoms with Gasteiger partial charge < -0.3 is 19.9 Å². The average Bonchev–Trinajstić information content (AvgIpc) is 2.84. The van der Waals surface area contributed by atoms with Crippen molar-refractivity contribution in [1.29, 1.82) is 0 Å². The lowest BCUT2D eigenvalue weighted by molar-refractivity contribution is 0.0526. The monoisotopic (exact) mass is 479 g/mol. The molecule has 9 heteroatoms. The molecule has 1 heterocycles. The number of hydrogen-bond donors (Lipinski definition) is 1. The molecule has 3 rings (SSSR count). The number of benzene rings is 2. The van der Waals surface area contributed by atoms with Gasteiger partial charge in [0, 0.05) is 25.3 Å². The number of amides is 2. The number of hydrogen-bond acceptors (Lipinski definition) is 6. The fourth-order valence-corrected chi connectivity index (χ4v) is 3.83. The first-order valence-electron chi connectivity index (χ1n) is 11.8. The zero-order chi connectivity index (χ0) is 25.5. The van der Waals surface area contributed by atoms with Gasteiger partial charge in [-0.05, 0) is 71.3 Å². The molecule has 1 aromatic heterocycles. The van der Waals surface area contributed by atoms with Crippen molar-refractivity contribution < 1.29 is 14.3 Å². The van der Waals surface area contributed by atoms with Gasteiger partial charge in [0.15, 0.2) is 0 Å². The number of carbonyl (C=O) groups is 2. The summed E-state index contributed by atoms with van der Waals surface area (Å²) in [6.07, 6.45) is 0. The van der Waals surface area contributed by atoms with Gasteiger partial charge in [0.2, 0.25) is 0 Å². The minimum absolute atomic E-state index is 0.123. The Morgan fingerprint density at radius 2 is 1.74 bits per heavy atom. The highest BCUT2D eigenvalue weighted by Crippen LogP contribution is 2.22. The third-order valence-corrected chi connectivity index (χ3v) is 5.74. The Kier molecular flexibility index (Phi) is 8.59. The molecule has 2 amide bonds. The van der Waals surface area contributed by atoms with E-state index in [0.717, 1.165) is 0 Å². The number of esters is 1. The third-order valence-electron chi connectivity index (χ3n) is 5.74. The van der Waals surface area contributed by atoms with Crippen LogP contribution in [0.2, 0.25) is 0 Å². The van der Waals surface area contributed by atoms with Crippen LogP contribution in [0.25, 0.3) is 10.9 Å². The van der Waals surface area contributed by atoms with E-state index in [-0.39, 0.29) is 11.6 Å². The molecular weight excluding hydrogens is 446 g/mol. The number of carbonyl (C=O) groups excluding carboxylic acids is 2. The molecule has 0 saturated heterocycles. The molecule has 2 aromatic carbocycles. The Morgan fingerprint density at radius 3 is 2.37 bits per heavy atom. The molecule has 35 heavy (non-hydrogen) atoms. The molecule has 186 valence electrons. The third kappa shape index (κ3) is 6.05. The highest BCUT2D eigenvalue weighted by molar-refractivity contribution is 5.92. The van der Waals surface area contributed by atoms with E-state index in [1.807, 2.05) is 51.0 Å². The normalized spacial score (nSPS) is 11.9. The first-order valence-corrected chi connectivity index (χ1v) is 11.8. The lowest BCUT2D eigenvalue weighted by Gasteiger charge is -2.31. The van der Waals surface area contributed by atoms with Crippen LogP contribution in [0.1, 0.15) is 43.0 Å². The van der Waals surface area contributed by atoms with Gasteiger partial charge in [-0.1, -0.05) is 12.1 Å². The van der Waals surface area contributed by atoms with E-state index in [1.165, 1.54) is 0 Å². The Balaban J connectivity index is 1.92. The zero-order valence-electron chi connectivity index (χ0n) is 20.9. The number of urea groups is 1. The maximum Gasteiger partial charge on any atom is 0.338 e. The van der Waals surface area contributed by atoms with Gasteiger partial charge in [0.05, 0.1) is 29.1 Å². The molecule has 0 radical (unpaired) electrons. The predicted octanol–water partition coefficient (Wildman–Crippen LogP) is 3.75. The summed E-state index contributed by atoms with van der Waals surface area (Å²) in [4.78, 5) is 46.9. The summed E-state index contributed by atoms with van der Waals surface area (Å²) >= 11 is 0. The van der Waals surface area contributed by atoms with Gasteiger partial charge in [0.25, 0.3) is 5.56 Å². The second kappa shape index (κ2) is 11.6.